The average Bonchev–Trinajstić information content (AvgIpc) is 3.30. The van der Waals surface area contributed by atoms with E-state index in [0.717, 1.165) is 20.9 Å². The molecule has 4 aromatic rings. The summed E-state index contributed by atoms with van der Waals surface area (Å²) in [5.74, 6) is -0.929. The van der Waals surface area contributed by atoms with Crippen LogP contribution in [0, 0.1) is 12.7 Å². The van der Waals surface area contributed by atoms with Crippen molar-refractivity contribution in [1.29, 1.82) is 0 Å². The predicted octanol–water partition coefficient (Wildman–Crippen LogP) is 3.14. The molecule has 1 amide bonds. The van der Waals surface area contributed by atoms with Gasteiger partial charge in [0.15, 0.2) is 5.69 Å². The maximum atomic E-state index is 13.2. The Kier molecular flexibility index (Phi) is 6.87. The molecule has 0 saturated heterocycles. The minimum absolute atomic E-state index is 0.0369. The maximum absolute atomic E-state index is 13.2. The van der Waals surface area contributed by atoms with Gasteiger partial charge >= 0.3 is 5.69 Å². The molecule has 180 valence electrons. The SMILES string of the molecule is CCn1c(=O)c(-c2noc(CCC(=O)Nc3ccc(F)cc3Cl)n2)nn(-c2ccc(C)cc2)c1=O. The first kappa shape index (κ1) is 24.0. The van der Waals surface area contributed by atoms with Crippen molar-refractivity contribution >= 4 is 23.2 Å². The quantitative estimate of drug-likeness (QED) is 0.415. The van der Waals surface area contributed by atoms with Gasteiger partial charge in [-0.05, 0) is 44.2 Å². The Bertz CT molecular complexity index is 1510. The first-order valence-corrected chi connectivity index (χ1v) is 11.0. The Morgan fingerprint density at radius 2 is 1.91 bits per heavy atom. The lowest BCUT2D eigenvalue weighted by molar-refractivity contribution is -0.116. The molecular weight excluding hydrogens is 479 g/mol. The molecule has 0 aliphatic rings. The fourth-order valence-corrected chi connectivity index (χ4v) is 3.48. The lowest BCUT2D eigenvalue weighted by Gasteiger charge is -2.09. The van der Waals surface area contributed by atoms with Gasteiger partial charge in [-0.15, -0.1) is 0 Å². The molecule has 2 aromatic carbocycles. The Hall–Kier alpha value is -4.12. The molecule has 0 aliphatic carbocycles. The highest BCUT2D eigenvalue weighted by molar-refractivity contribution is 6.33. The number of carbonyl (C=O) groups is 1. The number of anilines is 1. The molecule has 35 heavy (non-hydrogen) atoms. The van der Waals surface area contributed by atoms with Crippen molar-refractivity contribution in [1.82, 2.24) is 24.5 Å². The molecule has 0 saturated carbocycles. The molecule has 0 unspecified atom stereocenters. The lowest BCUT2D eigenvalue weighted by atomic mass is 10.2. The van der Waals surface area contributed by atoms with Gasteiger partial charge in [0.05, 0.1) is 16.4 Å². The molecule has 0 spiro atoms. The van der Waals surface area contributed by atoms with E-state index in [1.54, 1.807) is 19.1 Å². The first-order valence-electron chi connectivity index (χ1n) is 10.7. The molecule has 0 atom stereocenters. The Balaban J connectivity index is 1.56. The zero-order valence-electron chi connectivity index (χ0n) is 18.8. The van der Waals surface area contributed by atoms with E-state index in [2.05, 4.69) is 20.6 Å². The van der Waals surface area contributed by atoms with Crippen LogP contribution in [-0.2, 0) is 17.8 Å². The fraction of sp³-hybridized carbons (Fsp3) is 0.217. The molecule has 2 aromatic heterocycles. The van der Waals surface area contributed by atoms with Gasteiger partial charge in [-0.3, -0.25) is 14.2 Å². The van der Waals surface area contributed by atoms with Gasteiger partial charge in [0.2, 0.25) is 17.6 Å². The van der Waals surface area contributed by atoms with Crippen molar-refractivity contribution in [3.8, 4) is 17.2 Å². The largest absolute Gasteiger partial charge is 0.352 e. The number of rotatable bonds is 7. The van der Waals surface area contributed by atoms with Crippen molar-refractivity contribution in [2.75, 3.05) is 5.32 Å². The second-order valence-corrected chi connectivity index (χ2v) is 8.02. The van der Waals surface area contributed by atoms with E-state index in [1.807, 2.05) is 19.1 Å². The van der Waals surface area contributed by atoms with Crippen LogP contribution in [0.2, 0.25) is 5.02 Å². The van der Waals surface area contributed by atoms with E-state index in [-0.39, 0.29) is 47.5 Å². The van der Waals surface area contributed by atoms with Crippen LogP contribution in [0.4, 0.5) is 10.1 Å². The number of hydrogen-bond donors (Lipinski definition) is 1. The Morgan fingerprint density at radius 3 is 2.60 bits per heavy atom. The van der Waals surface area contributed by atoms with Gasteiger partial charge in [-0.25, -0.2) is 9.18 Å². The van der Waals surface area contributed by atoms with E-state index in [1.165, 1.54) is 12.1 Å². The molecule has 10 nitrogen and oxygen atoms in total. The molecule has 0 fully saturated rings. The summed E-state index contributed by atoms with van der Waals surface area (Å²) in [7, 11) is 0. The Labute approximate surface area is 203 Å². The summed E-state index contributed by atoms with van der Waals surface area (Å²) in [5, 5.41) is 10.7. The van der Waals surface area contributed by atoms with Crippen LogP contribution < -0.4 is 16.6 Å². The molecule has 1 N–H and O–H groups in total. The zero-order valence-corrected chi connectivity index (χ0v) is 19.5. The Morgan fingerprint density at radius 1 is 1.17 bits per heavy atom. The van der Waals surface area contributed by atoms with E-state index in [0.29, 0.717) is 5.69 Å². The van der Waals surface area contributed by atoms with Crippen LogP contribution in [0.3, 0.4) is 0 Å². The lowest BCUT2D eigenvalue weighted by Crippen LogP contribution is -2.41. The van der Waals surface area contributed by atoms with E-state index >= 15 is 0 Å². The van der Waals surface area contributed by atoms with Crippen LogP contribution in [0.25, 0.3) is 17.2 Å². The smallest absolute Gasteiger partial charge is 0.339 e. The number of aryl methyl sites for hydroxylation is 2. The third kappa shape index (κ3) is 5.19. The van der Waals surface area contributed by atoms with Crippen molar-refractivity contribution in [3.63, 3.8) is 0 Å². The minimum atomic E-state index is -0.656. The zero-order chi connectivity index (χ0) is 25.1. The van der Waals surface area contributed by atoms with Crippen LogP contribution in [0.1, 0.15) is 24.8 Å². The maximum Gasteiger partial charge on any atom is 0.352 e. The summed E-state index contributed by atoms with van der Waals surface area (Å²) in [6, 6.07) is 10.7. The molecule has 0 radical (unpaired) electrons. The number of nitrogens with one attached hydrogen (secondary N) is 1. The monoisotopic (exact) mass is 498 g/mol. The van der Waals surface area contributed by atoms with Crippen LogP contribution in [0.15, 0.2) is 56.6 Å². The molecular formula is C23H20ClFN6O4. The molecule has 12 heteroatoms. The highest BCUT2D eigenvalue weighted by Gasteiger charge is 2.20. The third-order valence-corrected chi connectivity index (χ3v) is 5.42. The van der Waals surface area contributed by atoms with Gasteiger partial charge in [0, 0.05) is 19.4 Å². The second kappa shape index (κ2) is 10.0. The summed E-state index contributed by atoms with van der Waals surface area (Å²) in [4.78, 5) is 42.1. The number of nitrogens with zero attached hydrogens (tertiary/aromatic N) is 5. The minimum Gasteiger partial charge on any atom is -0.339 e. The first-order chi connectivity index (χ1) is 16.8. The van der Waals surface area contributed by atoms with Gasteiger partial charge in [-0.2, -0.15) is 14.8 Å². The standard InChI is InChI=1S/C23H20ClFN6O4/c1-3-30-22(33)20(28-31(23(30)34)15-7-4-13(2)5-8-15)21-27-19(35-29-21)11-10-18(32)26-17-9-6-14(25)12-16(17)24/h4-9,12H,3,10-11H2,1-2H3,(H,26,32). The molecule has 2 heterocycles. The number of carbonyl (C=O) groups excluding carboxylic acids is 1. The second-order valence-electron chi connectivity index (χ2n) is 7.61. The molecule has 0 aliphatic heterocycles. The summed E-state index contributed by atoms with van der Waals surface area (Å²) in [5.41, 5.74) is 0.335. The summed E-state index contributed by atoms with van der Waals surface area (Å²) in [6.45, 7) is 3.70. The third-order valence-electron chi connectivity index (χ3n) is 5.11. The van der Waals surface area contributed by atoms with Crippen LogP contribution >= 0.6 is 11.6 Å². The number of amides is 1. The van der Waals surface area contributed by atoms with Crippen molar-refractivity contribution in [2.45, 2.75) is 33.2 Å². The van der Waals surface area contributed by atoms with Gasteiger partial charge in [-0.1, -0.05) is 34.5 Å². The highest BCUT2D eigenvalue weighted by Crippen LogP contribution is 2.22. The van der Waals surface area contributed by atoms with Crippen LogP contribution in [-0.4, -0.2) is 30.4 Å². The predicted molar refractivity (Wildman–Crippen MR) is 126 cm³/mol. The van der Waals surface area contributed by atoms with Crippen molar-refractivity contribution < 1.29 is 13.7 Å². The molecule has 4 rings (SSSR count). The number of halogens is 2. The van der Waals surface area contributed by atoms with Gasteiger partial charge in [0.1, 0.15) is 5.82 Å². The highest BCUT2D eigenvalue weighted by atomic mass is 35.5. The van der Waals surface area contributed by atoms with Crippen molar-refractivity contribution in [3.05, 3.63) is 85.6 Å². The van der Waals surface area contributed by atoms with Gasteiger partial charge in [0.25, 0.3) is 5.56 Å². The summed E-state index contributed by atoms with van der Waals surface area (Å²) >= 11 is 5.92. The van der Waals surface area contributed by atoms with Crippen molar-refractivity contribution in [2.24, 2.45) is 0 Å². The van der Waals surface area contributed by atoms with Gasteiger partial charge < -0.3 is 9.84 Å². The van der Waals surface area contributed by atoms with E-state index in [4.69, 9.17) is 16.1 Å². The van der Waals surface area contributed by atoms with E-state index in [9.17, 15) is 18.8 Å². The van der Waals surface area contributed by atoms with E-state index < -0.39 is 23.0 Å². The molecule has 0 bridgehead atoms. The average molecular weight is 499 g/mol. The normalized spacial score (nSPS) is 11.0. The number of benzene rings is 2. The van der Waals surface area contributed by atoms with Crippen LogP contribution in [0.5, 0.6) is 0 Å². The fourth-order valence-electron chi connectivity index (χ4n) is 3.26. The topological polar surface area (TPSA) is 125 Å². The summed E-state index contributed by atoms with van der Waals surface area (Å²) < 4.78 is 20.5. The summed E-state index contributed by atoms with van der Waals surface area (Å²) in [6.07, 6.45) is 0.0298. The number of hydrogen-bond acceptors (Lipinski definition) is 7. The number of aromatic nitrogens is 5.